The third kappa shape index (κ3) is 3.91. The summed E-state index contributed by atoms with van der Waals surface area (Å²) in [7, 11) is 0. The number of carbonyl (C=O) groups is 1. The number of rotatable bonds is 7. The van der Waals surface area contributed by atoms with Crippen LogP contribution in [0.5, 0.6) is 0 Å². The zero-order valence-corrected chi connectivity index (χ0v) is 13.9. The predicted molar refractivity (Wildman–Crippen MR) is 90.8 cm³/mol. The first-order valence-corrected chi connectivity index (χ1v) is 8.39. The molecule has 2 N–H and O–H groups in total. The molecular formula is C17H23N5O2. The molecule has 0 radical (unpaired) electrons. The van der Waals surface area contributed by atoms with Crippen molar-refractivity contribution in [2.24, 2.45) is 0 Å². The van der Waals surface area contributed by atoms with Crippen molar-refractivity contribution >= 4 is 11.9 Å². The largest absolute Gasteiger partial charge is 0.468 e. The Bertz CT molecular complexity index is 636. The molecule has 3 heterocycles. The summed E-state index contributed by atoms with van der Waals surface area (Å²) in [5, 5.41) is 5.98. The van der Waals surface area contributed by atoms with E-state index < -0.39 is 0 Å². The summed E-state index contributed by atoms with van der Waals surface area (Å²) in [6.07, 6.45) is 7.12. The quantitative estimate of drug-likeness (QED) is 0.809. The van der Waals surface area contributed by atoms with Crippen LogP contribution in [0.2, 0.25) is 0 Å². The molecule has 7 heteroatoms. The molecule has 0 saturated carbocycles. The lowest BCUT2D eigenvalue weighted by Gasteiger charge is -2.25. The van der Waals surface area contributed by atoms with Crippen LogP contribution in [0, 0.1) is 0 Å². The summed E-state index contributed by atoms with van der Waals surface area (Å²) < 4.78 is 5.56. The molecule has 2 aromatic rings. The first-order valence-electron chi connectivity index (χ1n) is 8.39. The van der Waals surface area contributed by atoms with E-state index in [1.54, 1.807) is 6.26 Å². The first-order chi connectivity index (χ1) is 11.8. The van der Waals surface area contributed by atoms with E-state index in [1.807, 2.05) is 19.1 Å². The number of likely N-dealkylation sites (tertiary alicyclic amines) is 1. The fourth-order valence-corrected chi connectivity index (χ4v) is 2.93. The van der Waals surface area contributed by atoms with E-state index in [9.17, 15) is 4.79 Å². The molecule has 1 amide bonds. The van der Waals surface area contributed by atoms with E-state index in [0.717, 1.165) is 25.4 Å². The van der Waals surface area contributed by atoms with Gasteiger partial charge in [-0.1, -0.05) is 0 Å². The van der Waals surface area contributed by atoms with Gasteiger partial charge in [-0.15, -0.1) is 0 Å². The van der Waals surface area contributed by atoms with Crippen molar-refractivity contribution in [2.75, 3.05) is 31.5 Å². The molecule has 0 aromatic carbocycles. The molecular weight excluding hydrogens is 306 g/mol. The predicted octanol–water partition coefficient (Wildman–Crippen LogP) is 2.07. The van der Waals surface area contributed by atoms with Crippen LogP contribution in [0.3, 0.4) is 0 Å². The van der Waals surface area contributed by atoms with Crippen molar-refractivity contribution in [3.63, 3.8) is 0 Å². The summed E-state index contributed by atoms with van der Waals surface area (Å²) in [5.41, 5.74) is 0.455. The highest BCUT2D eigenvalue weighted by Gasteiger charge is 2.26. The summed E-state index contributed by atoms with van der Waals surface area (Å²) in [5.74, 6) is 1.24. The zero-order valence-electron chi connectivity index (χ0n) is 13.9. The SMILES string of the molecule is CCNc1ncc(C(=O)NC[C@H](c2ccco2)N2CCCC2)cn1. The van der Waals surface area contributed by atoms with Crippen molar-refractivity contribution in [1.29, 1.82) is 0 Å². The minimum Gasteiger partial charge on any atom is -0.468 e. The van der Waals surface area contributed by atoms with Crippen LogP contribution in [0.15, 0.2) is 35.2 Å². The Morgan fingerprint density at radius 1 is 1.33 bits per heavy atom. The molecule has 0 unspecified atom stereocenters. The lowest BCUT2D eigenvalue weighted by molar-refractivity contribution is 0.0933. The number of hydrogen-bond acceptors (Lipinski definition) is 6. The second-order valence-corrected chi connectivity index (χ2v) is 5.81. The van der Waals surface area contributed by atoms with E-state index in [-0.39, 0.29) is 11.9 Å². The fourth-order valence-electron chi connectivity index (χ4n) is 2.93. The lowest BCUT2D eigenvalue weighted by Crippen LogP contribution is -2.36. The van der Waals surface area contributed by atoms with Gasteiger partial charge in [-0.25, -0.2) is 9.97 Å². The van der Waals surface area contributed by atoms with Crippen molar-refractivity contribution in [3.8, 4) is 0 Å². The molecule has 3 rings (SSSR count). The Balaban J connectivity index is 1.62. The van der Waals surface area contributed by atoms with Crippen molar-refractivity contribution in [3.05, 3.63) is 42.1 Å². The standard InChI is InChI=1S/C17H23N5O2/c1-2-18-17-20-10-13(11-21-17)16(23)19-12-14(15-6-5-9-24-15)22-7-3-4-8-22/h5-6,9-11,14H,2-4,7-8,12H2,1H3,(H,19,23)(H,18,20,21)/t14-/m1/s1. The second-order valence-electron chi connectivity index (χ2n) is 5.81. The fraction of sp³-hybridized carbons (Fsp3) is 0.471. The Morgan fingerprint density at radius 3 is 2.71 bits per heavy atom. The number of nitrogens with one attached hydrogen (secondary N) is 2. The third-order valence-corrected chi connectivity index (χ3v) is 4.16. The van der Waals surface area contributed by atoms with Crippen LogP contribution in [0.4, 0.5) is 5.95 Å². The van der Waals surface area contributed by atoms with Gasteiger partial charge < -0.3 is 15.1 Å². The molecule has 7 nitrogen and oxygen atoms in total. The number of aromatic nitrogens is 2. The monoisotopic (exact) mass is 329 g/mol. The van der Waals surface area contributed by atoms with Gasteiger partial charge in [-0.05, 0) is 45.0 Å². The van der Waals surface area contributed by atoms with E-state index in [4.69, 9.17) is 4.42 Å². The van der Waals surface area contributed by atoms with Gasteiger partial charge in [-0.2, -0.15) is 0 Å². The maximum atomic E-state index is 12.3. The molecule has 128 valence electrons. The molecule has 1 atom stereocenters. The van der Waals surface area contributed by atoms with Crippen LogP contribution in [0.1, 0.15) is 41.9 Å². The molecule has 0 bridgehead atoms. The number of anilines is 1. The number of carbonyl (C=O) groups excluding carboxylic acids is 1. The highest BCUT2D eigenvalue weighted by Crippen LogP contribution is 2.24. The molecule has 2 aromatic heterocycles. The summed E-state index contributed by atoms with van der Waals surface area (Å²) in [6.45, 7) is 5.27. The van der Waals surface area contributed by atoms with Crippen LogP contribution in [0.25, 0.3) is 0 Å². The highest BCUT2D eigenvalue weighted by molar-refractivity contribution is 5.93. The number of amides is 1. The molecule has 1 aliphatic heterocycles. The third-order valence-electron chi connectivity index (χ3n) is 4.16. The summed E-state index contributed by atoms with van der Waals surface area (Å²) >= 11 is 0. The zero-order chi connectivity index (χ0) is 16.8. The Kier molecular flexibility index (Phi) is 5.43. The molecule has 24 heavy (non-hydrogen) atoms. The van der Waals surface area contributed by atoms with Crippen LogP contribution in [-0.4, -0.2) is 47.0 Å². The van der Waals surface area contributed by atoms with E-state index in [2.05, 4.69) is 25.5 Å². The molecule has 1 fully saturated rings. The highest BCUT2D eigenvalue weighted by atomic mass is 16.3. The van der Waals surface area contributed by atoms with Gasteiger partial charge in [0.25, 0.3) is 5.91 Å². The minimum atomic E-state index is -0.172. The molecule has 1 aliphatic rings. The van der Waals surface area contributed by atoms with Gasteiger partial charge in [0.1, 0.15) is 5.76 Å². The Labute approximate surface area is 141 Å². The second kappa shape index (κ2) is 7.92. The lowest BCUT2D eigenvalue weighted by atomic mass is 10.2. The van der Waals surface area contributed by atoms with Gasteiger partial charge in [0.05, 0.1) is 17.9 Å². The van der Waals surface area contributed by atoms with Gasteiger partial charge in [0.15, 0.2) is 0 Å². The van der Waals surface area contributed by atoms with E-state index in [0.29, 0.717) is 18.1 Å². The van der Waals surface area contributed by atoms with Crippen LogP contribution >= 0.6 is 0 Å². The number of furan rings is 1. The first kappa shape index (κ1) is 16.4. The smallest absolute Gasteiger partial charge is 0.254 e. The van der Waals surface area contributed by atoms with Crippen LogP contribution in [-0.2, 0) is 0 Å². The maximum absolute atomic E-state index is 12.3. The summed E-state index contributed by atoms with van der Waals surface area (Å²) in [4.78, 5) is 23.0. The average molecular weight is 329 g/mol. The van der Waals surface area contributed by atoms with Gasteiger partial charge in [0.2, 0.25) is 5.95 Å². The number of nitrogens with zero attached hydrogens (tertiary/aromatic N) is 3. The summed E-state index contributed by atoms with van der Waals surface area (Å²) in [6, 6.07) is 3.91. The van der Waals surface area contributed by atoms with E-state index >= 15 is 0 Å². The van der Waals surface area contributed by atoms with Gasteiger partial charge in [0, 0.05) is 25.5 Å². The Hall–Kier alpha value is -2.41. The van der Waals surface area contributed by atoms with Crippen molar-refractivity contribution < 1.29 is 9.21 Å². The molecule has 0 spiro atoms. The minimum absolute atomic E-state index is 0.0633. The van der Waals surface area contributed by atoms with Gasteiger partial charge in [-0.3, -0.25) is 9.69 Å². The van der Waals surface area contributed by atoms with Crippen molar-refractivity contribution in [1.82, 2.24) is 20.2 Å². The maximum Gasteiger partial charge on any atom is 0.254 e. The Morgan fingerprint density at radius 2 is 2.08 bits per heavy atom. The van der Waals surface area contributed by atoms with Crippen LogP contribution < -0.4 is 10.6 Å². The van der Waals surface area contributed by atoms with Gasteiger partial charge >= 0.3 is 0 Å². The molecule has 0 aliphatic carbocycles. The van der Waals surface area contributed by atoms with Crippen molar-refractivity contribution in [2.45, 2.75) is 25.8 Å². The average Bonchev–Trinajstić information content (AvgIpc) is 3.30. The number of hydrogen-bond donors (Lipinski definition) is 2. The normalized spacial score (nSPS) is 16.0. The van der Waals surface area contributed by atoms with E-state index in [1.165, 1.54) is 25.2 Å². The topological polar surface area (TPSA) is 83.3 Å². The molecule has 1 saturated heterocycles.